The van der Waals surface area contributed by atoms with E-state index in [0.29, 0.717) is 5.71 Å². The van der Waals surface area contributed by atoms with E-state index in [-0.39, 0.29) is 5.91 Å². The van der Waals surface area contributed by atoms with Crippen LogP contribution >= 0.6 is 15.9 Å². The van der Waals surface area contributed by atoms with Gasteiger partial charge in [0.2, 0.25) is 0 Å². The third-order valence-electron chi connectivity index (χ3n) is 2.86. The fourth-order valence-corrected chi connectivity index (χ4v) is 2.36. The fraction of sp³-hybridized carbons (Fsp3) is 0. The monoisotopic (exact) mass is 327 g/mol. The van der Waals surface area contributed by atoms with Gasteiger partial charge in [-0.1, -0.05) is 46.3 Å². The van der Waals surface area contributed by atoms with E-state index in [9.17, 15) is 4.79 Å². The van der Waals surface area contributed by atoms with Gasteiger partial charge in [-0.25, -0.2) is 0 Å². The number of halogens is 1. The molecule has 3 rings (SSSR count). The number of rotatable bonds is 2. The lowest BCUT2D eigenvalue weighted by Gasteiger charge is -1.94. The van der Waals surface area contributed by atoms with E-state index in [0.717, 1.165) is 21.3 Å². The highest BCUT2D eigenvalue weighted by Gasteiger charge is 2.25. The summed E-state index contributed by atoms with van der Waals surface area (Å²) >= 11 is 3.39. The van der Waals surface area contributed by atoms with Crippen molar-refractivity contribution in [2.75, 3.05) is 5.32 Å². The van der Waals surface area contributed by atoms with Crippen molar-refractivity contribution in [3.63, 3.8) is 0 Å². The Hall–Kier alpha value is -2.27. The van der Waals surface area contributed by atoms with Crippen molar-refractivity contribution in [3.05, 3.63) is 64.1 Å². The second-order valence-corrected chi connectivity index (χ2v) is 5.16. The van der Waals surface area contributed by atoms with E-state index in [2.05, 4.69) is 31.4 Å². The molecule has 4 nitrogen and oxygen atoms in total. The molecule has 0 radical (unpaired) electrons. The first-order chi connectivity index (χ1) is 9.74. The summed E-state index contributed by atoms with van der Waals surface area (Å²) in [6.07, 6.45) is 1.62. The Morgan fingerprint density at radius 1 is 1.10 bits per heavy atom. The molecule has 0 saturated heterocycles. The lowest BCUT2D eigenvalue weighted by Crippen LogP contribution is -2.13. The highest BCUT2D eigenvalue weighted by Crippen LogP contribution is 2.22. The van der Waals surface area contributed by atoms with Gasteiger partial charge in [-0.05, 0) is 23.8 Å². The number of nitrogens with one attached hydrogen (secondary N) is 1. The maximum absolute atomic E-state index is 11.8. The Kier molecular flexibility index (Phi) is 3.43. The Morgan fingerprint density at radius 2 is 1.95 bits per heavy atom. The van der Waals surface area contributed by atoms with Gasteiger partial charge in [0, 0.05) is 10.0 Å². The molecule has 0 aliphatic carbocycles. The van der Waals surface area contributed by atoms with Crippen molar-refractivity contribution in [2.24, 2.45) is 10.2 Å². The smallest absolute Gasteiger partial charge is 0.276 e. The molecular formula is C15H10BrN3O. The molecule has 0 saturated carbocycles. The van der Waals surface area contributed by atoms with E-state index in [4.69, 9.17) is 0 Å². The van der Waals surface area contributed by atoms with Gasteiger partial charge in [0.15, 0.2) is 5.71 Å². The molecule has 0 spiro atoms. The van der Waals surface area contributed by atoms with Gasteiger partial charge in [0.25, 0.3) is 5.91 Å². The van der Waals surface area contributed by atoms with Crippen LogP contribution in [0.25, 0.3) is 0 Å². The SMILES string of the molecule is O=C1Nc2ccccc2/C1=N\N=C\c1cccc(Br)c1. The number of nitrogens with zero attached hydrogens (tertiary/aromatic N) is 2. The van der Waals surface area contributed by atoms with Crippen LogP contribution in [0.15, 0.2) is 63.2 Å². The number of para-hydroxylation sites is 1. The summed E-state index contributed by atoms with van der Waals surface area (Å²) < 4.78 is 0.970. The van der Waals surface area contributed by atoms with Gasteiger partial charge in [0.05, 0.1) is 11.9 Å². The topological polar surface area (TPSA) is 53.8 Å². The van der Waals surface area contributed by atoms with Gasteiger partial charge in [-0.15, -0.1) is 5.10 Å². The Morgan fingerprint density at radius 3 is 2.80 bits per heavy atom. The minimum Gasteiger partial charge on any atom is -0.320 e. The second-order valence-electron chi connectivity index (χ2n) is 4.25. The van der Waals surface area contributed by atoms with Crippen molar-refractivity contribution >= 4 is 39.5 Å². The van der Waals surface area contributed by atoms with Crippen LogP contribution in [0.3, 0.4) is 0 Å². The first-order valence-electron chi connectivity index (χ1n) is 6.01. The quantitative estimate of drug-likeness (QED) is 0.668. The zero-order valence-corrected chi connectivity index (χ0v) is 12.0. The molecule has 1 heterocycles. The summed E-state index contributed by atoms with van der Waals surface area (Å²) in [4.78, 5) is 11.8. The third kappa shape index (κ3) is 2.53. The summed E-state index contributed by atoms with van der Waals surface area (Å²) in [7, 11) is 0. The standard InChI is InChI=1S/C15H10BrN3O/c16-11-5-3-4-10(8-11)9-17-19-14-12-6-1-2-7-13(12)18-15(14)20/h1-9H,(H,18,19,20)/b17-9+. The summed E-state index contributed by atoms with van der Waals surface area (Å²) in [5, 5.41) is 10.8. The zero-order chi connectivity index (χ0) is 13.9. The third-order valence-corrected chi connectivity index (χ3v) is 3.35. The maximum Gasteiger partial charge on any atom is 0.276 e. The van der Waals surface area contributed by atoms with Gasteiger partial charge in [-0.3, -0.25) is 4.79 Å². The van der Waals surface area contributed by atoms with Crippen molar-refractivity contribution in [1.82, 2.24) is 0 Å². The van der Waals surface area contributed by atoms with Crippen LogP contribution in [0.1, 0.15) is 11.1 Å². The summed E-state index contributed by atoms with van der Waals surface area (Å²) in [6, 6.07) is 15.1. The van der Waals surface area contributed by atoms with Crippen molar-refractivity contribution in [2.45, 2.75) is 0 Å². The van der Waals surface area contributed by atoms with E-state index >= 15 is 0 Å². The Bertz CT molecular complexity index is 737. The van der Waals surface area contributed by atoms with E-state index < -0.39 is 0 Å². The number of hydrogen-bond acceptors (Lipinski definition) is 3. The lowest BCUT2D eigenvalue weighted by atomic mass is 10.1. The lowest BCUT2D eigenvalue weighted by molar-refractivity contribution is -0.110. The van der Waals surface area contributed by atoms with Crippen LogP contribution in [-0.4, -0.2) is 17.8 Å². The molecule has 2 aromatic carbocycles. The van der Waals surface area contributed by atoms with Crippen LogP contribution in [0, 0.1) is 0 Å². The number of benzene rings is 2. The molecule has 0 bridgehead atoms. The average Bonchev–Trinajstić information content (AvgIpc) is 2.75. The number of amides is 1. The minimum absolute atomic E-state index is 0.224. The van der Waals surface area contributed by atoms with Crippen molar-refractivity contribution in [3.8, 4) is 0 Å². The predicted molar refractivity (Wildman–Crippen MR) is 83.3 cm³/mol. The van der Waals surface area contributed by atoms with Crippen LogP contribution < -0.4 is 5.32 Å². The van der Waals surface area contributed by atoms with Crippen LogP contribution in [-0.2, 0) is 4.79 Å². The highest BCUT2D eigenvalue weighted by molar-refractivity contribution is 9.10. The first kappa shape index (κ1) is 12.7. The van der Waals surface area contributed by atoms with Crippen molar-refractivity contribution < 1.29 is 4.79 Å². The molecular weight excluding hydrogens is 318 g/mol. The second kappa shape index (κ2) is 5.38. The predicted octanol–water partition coefficient (Wildman–Crippen LogP) is 3.22. The molecule has 0 unspecified atom stereocenters. The number of carbonyl (C=O) groups excluding carboxylic acids is 1. The molecule has 1 aliphatic heterocycles. The van der Waals surface area contributed by atoms with E-state index in [1.54, 1.807) is 6.21 Å². The number of carbonyl (C=O) groups is 1. The molecule has 0 aromatic heterocycles. The molecule has 2 aromatic rings. The van der Waals surface area contributed by atoms with Gasteiger partial charge in [0.1, 0.15) is 0 Å². The van der Waals surface area contributed by atoms with Crippen LogP contribution in [0.5, 0.6) is 0 Å². The first-order valence-corrected chi connectivity index (χ1v) is 6.81. The van der Waals surface area contributed by atoms with Crippen molar-refractivity contribution in [1.29, 1.82) is 0 Å². The maximum atomic E-state index is 11.8. The minimum atomic E-state index is -0.224. The van der Waals surface area contributed by atoms with E-state index in [1.807, 2.05) is 48.5 Å². The molecule has 98 valence electrons. The van der Waals surface area contributed by atoms with Gasteiger partial charge < -0.3 is 5.32 Å². The van der Waals surface area contributed by atoms with E-state index in [1.165, 1.54) is 0 Å². The molecule has 0 fully saturated rings. The summed E-state index contributed by atoms with van der Waals surface area (Å²) in [6.45, 7) is 0. The fourth-order valence-electron chi connectivity index (χ4n) is 1.94. The number of fused-ring (bicyclic) bond motifs is 1. The molecule has 5 heteroatoms. The zero-order valence-electron chi connectivity index (χ0n) is 10.4. The van der Waals surface area contributed by atoms with Crippen LogP contribution in [0.4, 0.5) is 5.69 Å². The number of hydrogen-bond donors (Lipinski definition) is 1. The Labute approximate surface area is 124 Å². The normalized spacial score (nSPS) is 15.7. The Balaban J connectivity index is 1.88. The molecule has 1 amide bonds. The molecule has 1 N–H and O–H groups in total. The van der Waals surface area contributed by atoms with Gasteiger partial charge in [-0.2, -0.15) is 5.10 Å². The van der Waals surface area contributed by atoms with Gasteiger partial charge >= 0.3 is 0 Å². The summed E-state index contributed by atoms with van der Waals surface area (Å²) in [5.41, 5.74) is 2.81. The largest absolute Gasteiger partial charge is 0.320 e. The molecule has 1 aliphatic rings. The number of anilines is 1. The van der Waals surface area contributed by atoms with Crippen LogP contribution in [0.2, 0.25) is 0 Å². The molecule has 20 heavy (non-hydrogen) atoms. The highest BCUT2D eigenvalue weighted by atomic mass is 79.9. The average molecular weight is 328 g/mol. The molecule has 0 atom stereocenters. The summed E-state index contributed by atoms with van der Waals surface area (Å²) in [5.74, 6) is -0.224.